The molecule has 1 aromatic carbocycles. The third-order valence-corrected chi connectivity index (χ3v) is 7.57. The van der Waals surface area contributed by atoms with Gasteiger partial charge in [0.15, 0.2) is 0 Å². The van der Waals surface area contributed by atoms with Crippen LogP contribution in [-0.4, -0.2) is 64.4 Å². The number of ether oxygens (including phenoxy) is 4. The Morgan fingerprint density at radius 2 is 1.73 bits per heavy atom. The van der Waals surface area contributed by atoms with Crippen molar-refractivity contribution in [2.45, 2.75) is 117 Å². The third-order valence-electron chi connectivity index (χ3n) is 7.57. The van der Waals surface area contributed by atoms with Crippen LogP contribution in [0.4, 0.5) is 4.79 Å². The zero-order valence-corrected chi connectivity index (χ0v) is 27.6. The van der Waals surface area contributed by atoms with Gasteiger partial charge in [-0.3, -0.25) is 0 Å². The maximum absolute atomic E-state index is 13.1. The molecule has 1 N–H and O–H groups in total. The van der Waals surface area contributed by atoms with Gasteiger partial charge in [-0.1, -0.05) is 11.2 Å². The fourth-order valence-electron chi connectivity index (χ4n) is 5.78. The van der Waals surface area contributed by atoms with Crippen LogP contribution in [0.3, 0.4) is 0 Å². The number of imidazole rings is 1. The van der Waals surface area contributed by atoms with Crippen molar-refractivity contribution in [3.05, 3.63) is 35.5 Å². The van der Waals surface area contributed by atoms with Crippen LogP contribution in [0.2, 0.25) is 0 Å². The fraction of sp³-hybridized carbons (Fsp3) is 0.636. The lowest BCUT2D eigenvalue weighted by atomic mass is 9.92. The average Bonchev–Trinajstić information content (AvgIpc) is 3.47. The van der Waals surface area contributed by atoms with Crippen LogP contribution in [0.1, 0.15) is 103 Å². The Hall–Kier alpha value is -3.44. The summed E-state index contributed by atoms with van der Waals surface area (Å²) >= 11 is 0. The van der Waals surface area contributed by atoms with E-state index in [1.807, 2.05) is 61.5 Å². The first kappa shape index (κ1) is 33.5. The van der Waals surface area contributed by atoms with Crippen molar-refractivity contribution in [3.63, 3.8) is 0 Å². The van der Waals surface area contributed by atoms with Gasteiger partial charge in [0.05, 0.1) is 28.9 Å². The quantitative estimate of drug-likeness (QED) is 0.195. The topological polar surface area (TPSA) is 127 Å². The lowest BCUT2D eigenvalue weighted by molar-refractivity contribution is -0.160. The number of nitrogens with one attached hydrogen (secondary N) is 1. The molecule has 11 heteroatoms. The minimum absolute atomic E-state index is 0.164. The molecule has 0 bridgehead atoms. The molecule has 2 aromatic heterocycles. The SMILES string of the molecule is COC1CCC(n2c([C@H](CCOCC(=O)OC(C)(C)C)NC(=O)OC(C)(C)C)nc3cc(-c4c(C)noc4C)ccc32)CC1. The Bertz CT molecular complexity index is 1420. The van der Waals surface area contributed by atoms with Crippen molar-refractivity contribution in [1.82, 2.24) is 20.0 Å². The molecule has 2 heterocycles. The van der Waals surface area contributed by atoms with Gasteiger partial charge in [0.25, 0.3) is 0 Å². The molecule has 0 spiro atoms. The number of rotatable bonds is 10. The molecule has 44 heavy (non-hydrogen) atoms. The smallest absolute Gasteiger partial charge is 0.408 e. The number of amides is 1. The van der Waals surface area contributed by atoms with E-state index in [2.05, 4.69) is 27.2 Å². The number of carbonyl (C=O) groups excluding carboxylic acids is 2. The first-order chi connectivity index (χ1) is 20.6. The number of fused-ring (bicyclic) bond motifs is 1. The van der Waals surface area contributed by atoms with Gasteiger partial charge in [0.1, 0.15) is 29.4 Å². The summed E-state index contributed by atoms with van der Waals surface area (Å²) in [4.78, 5) is 30.5. The molecule has 1 aliphatic rings. The molecule has 1 saturated carbocycles. The summed E-state index contributed by atoms with van der Waals surface area (Å²) in [5.74, 6) is 1.01. The molecule has 11 nitrogen and oxygen atoms in total. The molecule has 3 aromatic rings. The van der Waals surface area contributed by atoms with E-state index in [0.717, 1.165) is 59.3 Å². The summed E-state index contributed by atoms with van der Waals surface area (Å²) in [6.07, 6.45) is 3.74. The highest BCUT2D eigenvalue weighted by Crippen LogP contribution is 2.37. The molecule has 0 aliphatic heterocycles. The van der Waals surface area contributed by atoms with E-state index in [0.29, 0.717) is 12.2 Å². The molecule has 4 rings (SSSR count). The van der Waals surface area contributed by atoms with Gasteiger partial charge in [-0.25, -0.2) is 14.6 Å². The first-order valence-corrected chi connectivity index (χ1v) is 15.4. The summed E-state index contributed by atoms with van der Waals surface area (Å²) in [5, 5.41) is 7.17. The second-order valence-electron chi connectivity index (χ2n) is 13.5. The minimum atomic E-state index is -0.677. The predicted molar refractivity (Wildman–Crippen MR) is 166 cm³/mol. The Morgan fingerprint density at radius 3 is 2.32 bits per heavy atom. The number of alkyl carbamates (subject to hydrolysis) is 1. The highest BCUT2D eigenvalue weighted by atomic mass is 16.6. The number of carbonyl (C=O) groups is 2. The molecule has 0 unspecified atom stereocenters. The van der Waals surface area contributed by atoms with Crippen LogP contribution in [-0.2, 0) is 23.7 Å². The van der Waals surface area contributed by atoms with Crippen molar-refractivity contribution in [2.24, 2.45) is 0 Å². The summed E-state index contributed by atoms with van der Waals surface area (Å²) in [7, 11) is 1.76. The van der Waals surface area contributed by atoms with E-state index in [-0.39, 0.29) is 25.4 Å². The number of hydrogen-bond donors (Lipinski definition) is 1. The van der Waals surface area contributed by atoms with Gasteiger partial charge in [0, 0.05) is 25.3 Å². The largest absolute Gasteiger partial charge is 0.458 e. The van der Waals surface area contributed by atoms with Gasteiger partial charge in [-0.05, 0) is 105 Å². The number of aromatic nitrogens is 3. The number of benzene rings is 1. The van der Waals surface area contributed by atoms with Crippen LogP contribution in [0.25, 0.3) is 22.2 Å². The minimum Gasteiger partial charge on any atom is -0.458 e. The first-order valence-electron chi connectivity index (χ1n) is 15.4. The van der Waals surface area contributed by atoms with Gasteiger partial charge < -0.3 is 33.4 Å². The molecule has 1 atom stereocenters. The molecule has 1 fully saturated rings. The Morgan fingerprint density at radius 1 is 1.05 bits per heavy atom. The molecule has 1 amide bonds. The van der Waals surface area contributed by atoms with E-state index in [1.165, 1.54) is 0 Å². The van der Waals surface area contributed by atoms with Crippen LogP contribution in [0, 0.1) is 13.8 Å². The van der Waals surface area contributed by atoms with Crippen LogP contribution >= 0.6 is 0 Å². The number of hydrogen-bond acceptors (Lipinski definition) is 9. The maximum atomic E-state index is 13.1. The lowest BCUT2D eigenvalue weighted by Gasteiger charge is -2.31. The normalized spacial score (nSPS) is 18.3. The van der Waals surface area contributed by atoms with Gasteiger partial charge in [-0.15, -0.1) is 0 Å². The summed E-state index contributed by atoms with van der Waals surface area (Å²) in [6.45, 7) is 14.7. The van der Waals surface area contributed by atoms with Crippen molar-refractivity contribution in [1.29, 1.82) is 0 Å². The summed E-state index contributed by atoms with van der Waals surface area (Å²) in [5.41, 5.74) is 3.22. The molecule has 1 aliphatic carbocycles. The lowest BCUT2D eigenvalue weighted by Crippen LogP contribution is -2.37. The Balaban J connectivity index is 1.70. The zero-order chi connectivity index (χ0) is 32.2. The standard InChI is InChI=1S/C33H48N4O7/c1-20-29(21(2)44-36-20)22-10-15-27-26(18-22)34-30(37(27)23-11-13-24(40-9)14-12-23)25(35-31(39)43-33(6,7)8)16-17-41-19-28(38)42-32(3,4)5/h10,15,18,23-25H,11-14,16-17,19H2,1-9H3,(H,35,39)/t23?,24?,25-/m0/s1. The predicted octanol–water partition coefficient (Wildman–Crippen LogP) is 6.75. The van der Waals surface area contributed by atoms with E-state index in [9.17, 15) is 9.59 Å². The zero-order valence-electron chi connectivity index (χ0n) is 27.6. The molecular formula is C33H48N4O7. The Labute approximate surface area is 259 Å². The third kappa shape index (κ3) is 8.59. The maximum Gasteiger partial charge on any atom is 0.408 e. The second kappa shape index (κ2) is 13.7. The van der Waals surface area contributed by atoms with Gasteiger partial charge in [0.2, 0.25) is 0 Å². The van der Waals surface area contributed by atoms with Crippen molar-refractivity contribution in [3.8, 4) is 11.1 Å². The second-order valence-corrected chi connectivity index (χ2v) is 13.5. The van der Waals surface area contributed by atoms with E-state index in [4.69, 9.17) is 28.5 Å². The van der Waals surface area contributed by atoms with Crippen molar-refractivity contribution in [2.75, 3.05) is 20.3 Å². The van der Waals surface area contributed by atoms with Crippen LogP contribution in [0.5, 0.6) is 0 Å². The van der Waals surface area contributed by atoms with Crippen molar-refractivity contribution < 1.29 is 33.1 Å². The van der Waals surface area contributed by atoms with Crippen LogP contribution < -0.4 is 5.32 Å². The molecule has 242 valence electrons. The van der Waals surface area contributed by atoms with E-state index < -0.39 is 29.3 Å². The van der Waals surface area contributed by atoms with Gasteiger partial charge >= 0.3 is 12.1 Å². The highest BCUT2D eigenvalue weighted by Gasteiger charge is 2.31. The van der Waals surface area contributed by atoms with E-state index in [1.54, 1.807) is 7.11 Å². The highest BCUT2D eigenvalue weighted by molar-refractivity contribution is 5.84. The van der Waals surface area contributed by atoms with Crippen LogP contribution in [0.15, 0.2) is 22.7 Å². The number of nitrogens with zero attached hydrogens (tertiary/aromatic N) is 3. The van der Waals surface area contributed by atoms with E-state index >= 15 is 0 Å². The fourth-order valence-corrected chi connectivity index (χ4v) is 5.78. The number of esters is 1. The molecule has 0 saturated heterocycles. The van der Waals surface area contributed by atoms with Gasteiger partial charge in [-0.2, -0.15) is 0 Å². The molecule has 0 radical (unpaired) electrons. The monoisotopic (exact) mass is 612 g/mol. The summed E-state index contributed by atoms with van der Waals surface area (Å²) < 4.78 is 30.1. The number of aryl methyl sites for hydroxylation is 2. The average molecular weight is 613 g/mol. The number of methoxy groups -OCH3 is 1. The van der Waals surface area contributed by atoms with Crippen molar-refractivity contribution >= 4 is 23.1 Å². The Kier molecular flexibility index (Phi) is 10.4. The molecular weight excluding hydrogens is 564 g/mol. The summed E-state index contributed by atoms with van der Waals surface area (Å²) in [6, 6.07) is 5.82.